The van der Waals surface area contributed by atoms with Gasteiger partial charge in [0.15, 0.2) is 5.60 Å². The molecule has 1 unspecified atom stereocenters. The zero-order valence-electron chi connectivity index (χ0n) is 22.8. The van der Waals surface area contributed by atoms with Crippen LogP contribution in [-0.2, 0) is 25.5 Å². The van der Waals surface area contributed by atoms with E-state index in [2.05, 4.69) is 86.3 Å². The van der Waals surface area contributed by atoms with Gasteiger partial charge in [-0.1, -0.05) is 48.5 Å². The quantitative estimate of drug-likeness (QED) is 0.224. The van der Waals surface area contributed by atoms with E-state index in [1.807, 2.05) is 0 Å². The summed E-state index contributed by atoms with van der Waals surface area (Å²) < 4.78 is 4.12. The van der Waals surface area contributed by atoms with Crippen LogP contribution in [0.2, 0.25) is 0 Å². The van der Waals surface area contributed by atoms with Gasteiger partial charge in [0.05, 0.1) is 31.0 Å². The molecule has 4 aromatic rings. The summed E-state index contributed by atoms with van der Waals surface area (Å²) in [6, 6.07) is 23.5. The molecule has 0 saturated carbocycles. The summed E-state index contributed by atoms with van der Waals surface area (Å²) in [6.45, 7) is 5.46. The Morgan fingerprint density at radius 2 is 1.61 bits per heavy atom. The van der Waals surface area contributed by atoms with E-state index in [1.54, 1.807) is 0 Å². The second-order valence-electron chi connectivity index (χ2n) is 9.94. The lowest BCUT2D eigenvalue weighted by Crippen LogP contribution is -2.47. The number of carbonyl (C=O) groups is 3. The molecule has 1 aromatic heterocycles. The number of methoxy groups -OCH3 is 1. The van der Waals surface area contributed by atoms with Gasteiger partial charge in [-0.15, -0.1) is 0 Å². The van der Waals surface area contributed by atoms with Crippen molar-refractivity contribution in [3.8, 4) is 0 Å². The zero-order valence-corrected chi connectivity index (χ0v) is 22.8. The minimum absolute atomic E-state index is 0.898. The van der Waals surface area contributed by atoms with Gasteiger partial charge in [0.25, 0.3) is 0 Å². The van der Waals surface area contributed by atoms with Gasteiger partial charge in [0, 0.05) is 50.2 Å². The summed E-state index contributed by atoms with van der Waals surface area (Å²) in [5.41, 5.74) is 0.953. The number of benzene rings is 3. The van der Waals surface area contributed by atoms with Crippen LogP contribution < -0.4 is 4.90 Å². The number of nitrogens with zero attached hydrogens (tertiary/aromatic N) is 3. The van der Waals surface area contributed by atoms with Gasteiger partial charge in [0.2, 0.25) is 0 Å². The largest absolute Gasteiger partial charge is 0.481 e. The lowest BCUT2D eigenvalue weighted by atomic mass is 9.96. The SMILES string of the molecule is COC(=O)CC(O)(CC(=O)O)C(=O)O.c1ccc(N2CCN(CCc3nc4c(ccc5ccccc54)[nH]3)CC2)cc1. The van der Waals surface area contributed by atoms with Crippen molar-refractivity contribution in [2.45, 2.75) is 24.9 Å². The maximum atomic E-state index is 10.7. The highest BCUT2D eigenvalue weighted by atomic mass is 16.5. The van der Waals surface area contributed by atoms with Gasteiger partial charge in [-0.25, -0.2) is 9.78 Å². The minimum atomic E-state index is -2.61. The number of carboxylic acids is 2. The van der Waals surface area contributed by atoms with Crippen LogP contribution in [0.25, 0.3) is 21.8 Å². The number of aromatic nitrogens is 2. The molecule has 41 heavy (non-hydrogen) atoms. The predicted molar refractivity (Wildman–Crippen MR) is 154 cm³/mol. The van der Waals surface area contributed by atoms with E-state index in [-0.39, 0.29) is 0 Å². The first-order valence-corrected chi connectivity index (χ1v) is 13.3. The molecule has 11 heteroatoms. The molecule has 1 aliphatic heterocycles. The smallest absolute Gasteiger partial charge is 0.336 e. The maximum Gasteiger partial charge on any atom is 0.336 e. The van der Waals surface area contributed by atoms with Crippen LogP contribution in [0.1, 0.15) is 18.7 Å². The van der Waals surface area contributed by atoms with Gasteiger partial charge in [-0.2, -0.15) is 0 Å². The fourth-order valence-electron chi connectivity index (χ4n) is 4.82. The number of hydrogen-bond donors (Lipinski definition) is 4. The van der Waals surface area contributed by atoms with Crippen LogP contribution in [0, 0.1) is 0 Å². The van der Waals surface area contributed by atoms with E-state index in [4.69, 9.17) is 15.2 Å². The number of hydrogen-bond acceptors (Lipinski definition) is 8. The Labute approximate surface area is 237 Å². The molecule has 1 atom stereocenters. The number of carboxylic acid groups (broad SMARTS) is 2. The highest BCUT2D eigenvalue weighted by Crippen LogP contribution is 2.24. The number of imidazole rings is 1. The van der Waals surface area contributed by atoms with E-state index in [0.717, 1.165) is 63.1 Å². The number of fused-ring (bicyclic) bond motifs is 3. The van der Waals surface area contributed by atoms with E-state index < -0.39 is 36.4 Å². The van der Waals surface area contributed by atoms with Crippen molar-refractivity contribution in [2.24, 2.45) is 0 Å². The summed E-state index contributed by atoms with van der Waals surface area (Å²) in [5, 5.41) is 28.6. The third-order valence-corrected chi connectivity index (χ3v) is 7.09. The molecule has 0 amide bonds. The standard InChI is InChI=1S/C23H24N4.C7H10O7/c1-2-7-19(8-3-1)27-16-14-26(15-17-27)13-12-22-24-21-11-10-18-6-4-5-9-20(18)23(21)25-22;1-14-5(10)3-7(13,6(11)12)2-4(8)9/h1-11H,12-17H2,(H,24,25);13H,2-3H2,1H3,(H,8,9)(H,11,12). The average Bonchev–Trinajstić information content (AvgIpc) is 3.40. The molecule has 5 rings (SSSR count). The Bertz CT molecular complexity index is 1500. The molecule has 1 saturated heterocycles. The molecule has 216 valence electrons. The molecule has 0 radical (unpaired) electrons. The Hall–Kier alpha value is -4.48. The normalized spacial score (nSPS) is 15.1. The first kappa shape index (κ1) is 29.5. The molecular weight excluding hydrogens is 528 g/mol. The van der Waals surface area contributed by atoms with Gasteiger partial charge in [0.1, 0.15) is 5.82 Å². The van der Waals surface area contributed by atoms with Gasteiger partial charge < -0.3 is 29.9 Å². The highest BCUT2D eigenvalue weighted by Gasteiger charge is 2.41. The number of esters is 1. The molecule has 11 nitrogen and oxygen atoms in total. The molecule has 1 aliphatic rings. The van der Waals surface area contributed by atoms with Crippen molar-refractivity contribution in [1.29, 1.82) is 0 Å². The van der Waals surface area contributed by atoms with Crippen LogP contribution >= 0.6 is 0 Å². The van der Waals surface area contributed by atoms with Gasteiger partial charge in [-0.05, 0) is 23.6 Å². The van der Waals surface area contributed by atoms with E-state index >= 15 is 0 Å². The number of H-pyrrole nitrogens is 1. The minimum Gasteiger partial charge on any atom is -0.481 e. The number of aromatic amines is 1. The fraction of sp³-hybridized carbons (Fsp3) is 0.333. The number of piperazine rings is 1. The number of carbonyl (C=O) groups excluding carboxylic acids is 1. The Morgan fingerprint density at radius 1 is 0.927 bits per heavy atom. The zero-order chi connectivity index (χ0) is 29.4. The van der Waals surface area contributed by atoms with Crippen molar-refractivity contribution in [3.63, 3.8) is 0 Å². The molecular formula is C30H34N4O7. The number of para-hydroxylation sites is 1. The maximum absolute atomic E-state index is 10.7. The van der Waals surface area contributed by atoms with Crippen molar-refractivity contribution >= 4 is 45.4 Å². The lowest BCUT2D eigenvalue weighted by molar-refractivity contribution is -0.171. The summed E-state index contributed by atoms with van der Waals surface area (Å²) in [6.07, 6.45) is -0.989. The monoisotopic (exact) mass is 562 g/mol. The summed E-state index contributed by atoms with van der Waals surface area (Å²) in [5.74, 6) is -3.19. The number of nitrogens with one attached hydrogen (secondary N) is 1. The fourth-order valence-corrected chi connectivity index (χ4v) is 4.82. The van der Waals surface area contributed by atoms with Gasteiger partial charge in [-0.3, -0.25) is 14.5 Å². The van der Waals surface area contributed by atoms with E-state index in [9.17, 15) is 19.5 Å². The Morgan fingerprint density at radius 3 is 2.27 bits per heavy atom. The number of aliphatic carboxylic acids is 2. The average molecular weight is 563 g/mol. The Balaban J connectivity index is 0.000000237. The molecule has 4 N–H and O–H groups in total. The summed E-state index contributed by atoms with van der Waals surface area (Å²) >= 11 is 0. The predicted octanol–water partition coefficient (Wildman–Crippen LogP) is 2.92. The second-order valence-corrected chi connectivity index (χ2v) is 9.94. The third-order valence-electron chi connectivity index (χ3n) is 7.09. The first-order valence-electron chi connectivity index (χ1n) is 13.3. The van der Waals surface area contributed by atoms with Crippen molar-refractivity contribution in [3.05, 3.63) is 72.6 Å². The number of aliphatic hydroxyl groups is 1. The molecule has 0 spiro atoms. The lowest BCUT2D eigenvalue weighted by Gasteiger charge is -2.36. The van der Waals surface area contributed by atoms with Crippen molar-refractivity contribution in [1.82, 2.24) is 14.9 Å². The van der Waals surface area contributed by atoms with Crippen LogP contribution in [-0.4, -0.2) is 93.5 Å². The van der Waals surface area contributed by atoms with Crippen LogP contribution in [0.15, 0.2) is 66.7 Å². The highest BCUT2D eigenvalue weighted by molar-refractivity contribution is 6.04. The molecule has 3 aromatic carbocycles. The summed E-state index contributed by atoms with van der Waals surface area (Å²) in [7, 11) is 1.01. The number of rotatable bonds is 9. The number of ether oxygens (including phenoxy) is 1. The molecule has 0 aliphatic carbocycles. The third kappa shape index (κ3) is 7.59. The topological polar surface area (TPSA) is 156 Å². The summed E-state index contributed by atoms with van der Waals surface area (Å²) in [4.78, 5) is 44.8. The first-order chi connectivity index (χ1) is 19.7. The van der Waals surface area contributed by atoms with Crippen LogP contribution in [0.3, 0.4) is 0 Å². The number of anilines is 1. The van der Waals surface area contributed by atoms with Crippen LogP contribution in [0.5, 0.6) is 0 Å². The van der Waals surface area contributed by atoms with Crippen LogP contribution in [0.4, 0.5) is 5.69 Å². The molecule has 0 bridgehead atoms. The second kappa shape index (κ2) is 13.2. The molecule has 1 fully saturated rings. The Kier molecular flexibility index (Phi) is 9.53. The van der Waals surface area contributed by atoms with E-state index in [0.29, 0.717) is 0 Å². The van der Waals surface area contributed by atoms with Crippen molar-refractivity contribution < 1.29 is 34.4 Å². The van der Waals surface area contributed by atoms with Crippen molar-refractivity contribution in [2.75, 3.05) is 44.7 Å². The van der Waals surface area contributed by atoms with Gasteiger partial charge >= 0.3 is 17.9 Å². The molecule has 2 heterocycles. The van der Waals surface area contributed by atoms with E-state index in [1.165, 1.54) is 16.5 Å².